The van der Waals surface area contributed by atoms with Crippen LogP contribution in [0.2, 0.25) is 0 Å². The van der Waals surface area contributed by atoms with Gasteiger partial charge < -0.3 is 14.6 Å². The van der Waals surface area contributed by atoms with Crippen LogP contribution in [0.5, 0.6) is 5.75 Å². The van der Waals surface area contributed by atoms with Crippen LogP contribution in [-0.4, -0.2) is 33.2 Å². The molecule has 4 aromatic rings. The van der Waals surface area contributed by atoms with Gasteiger partial charge in [-0.05, 0) is 53.1 Å². The lowest BCUT2D eigenvalue weighted by Gasteiger charge is -2.21. The van der Waals surface area contributed by atoms with Crippen LogP contribution in [0.15, 0.2) is 48.8 Å². The summed E-state index contributed by atoms with van der Waals surface area (Å²) in [6, 6.07) is 14.9. The molecule has 6 nitrogen and oxygen atoms in total. The Kier molecular flexibility index (Phi) is 6.36. The third-order valence-corrected chi connectivity index (χ3v) is 6.07. The molecular formula is C27H33N5O. The topological polar surface area (TPSA) is 64.9 Å². The summed E-state index contributed by atoms with van der Waals surface area (Å²) >= 11 is 0. The molecule has 6 heteroatoms. The third kappa shape index (κ3) is 5.16. The molecular weight excluding hydrogens is 410 g/mol. The van der Waals surface area contributed by atoms with Crippen molar-refractivity contribution in [2.75, 3.05) is 19.0 Å². The molecule has 0 aliphatic heterocycles. The molecule has 0 fully saturated rings. The van der Waals surface area contributed by atoms with E-state index in [1.165, 1.54) is 22.3 Å². The zero-order valence-corrected chi connectivity index (χ0v) is 20.4. The van der Waals surface area contributed by atoms with Crippen molar-refractivity contribution in [2.45, 2.75) is 46.0 Å². The van der Waals surface area contributed by atoms with Crippen LogP contribution in [0.25, 0.3) is 11.2 Å². The number of methoxy groups -OCH3 is 1. The van der Waals surface area contributed by atoms with Crippen molar-refractivity contribution in [1.29, 1.82) is 0 Å². The Morgan fingerprint density at radius 1 is 1.03 bits per heavy atom. The SMILES string of the molecule is COc1ccc(CCNc2nc(Cc3cc(C(C)(C)C)ccc3C)c3c(ncn3C)n2)cc1. The van der Waals surface area contributed by atoms with E-state index in [2.05, 4.69) is 73.3 Å². The maximum atomic E-state index is 5.24. The van der Waals surface area contributed by atoms with Gasteiger partial charge in [-0.1, -0.05) is 51.1 Å². The second kappa shape index (κ2) is 9.22. The molecule has 33 heavy (non-hydrogen) atoms. The highest BCUT2D eigenvalue weighted by Crippen LogP contribution is 2.27. The number of anilines is 1. The summed E-state index contributed by atoms with van der Waals surface area (Å²) < 4.78 is 7.25. The van der Waals surface area contributed by atoms with Crippen molar-refractivity contribution in [3.05, 3.63) is 76.7 Å². The van der Waals surface area contributed by atoms with Crippen molar-refractivity contribution in [3.63, 3.8) is 0 Å². The molecule has 0 amide bonds. The molecule has 0 atom stereocenters. The highest BCUT2D eigenvalue weighted by atomic mass is 16.5. The number of nitrogens with zero attached hydrogens (tertiary/aromatic N) is 4. The molecule has 0 aliphatic rings. The Bertz CT molecular complexity index is 1250. The lowest BCUT2D eigenvalue weighted by molar-refractivity contribution is 0.414. The number of benzene rings is 2. The van der Waals surface area contributed by atoms with Gasteiger partial charge in [0, 0.05) is 20.0 Å². The third-order valence-electron chi connectivity index (χ3n) is 6.07. The molecule has 2 heterocycles. The molecule has 0 bridgehead atoms. The van der Waals surface area contributed by atoms with E-state index in [0.717, 1.165) is 42.0 Å². The van der Waals surface area contributed by atoms with Crippen LogP contribution in [0.1, 0.15) is 48.7 Å². The second-order valence-corrected chi connectivity index (χ2v) is 9.61. The largest absolute Gasteiger partial charge is 0.497 e. The van der Waals surface area contributed by atoms with Crippen molar-refractivity contribution >= 4 is 17.1 Å². The number of hydrogen-bond acceptors (Lipinski definition) is 5. The molecule has 1 N–H and O–H groups in total. The monoisotopic (exact) mass is 443 g/mol. The molecule has 0 saturated carbocycles. The molecule has 172 valence electrons. The zero-order valence-electron chi connectivity index (χ0n) is 20.4. The minimum absolute atomic E-state index is 0.101. The molecule has 2 aromatic carbocycles. The predicted molar refractivity (Wildman–Crippen MR) is 134 cm³/mol. The van der Waals surface area contributed by atoms with Gasteiger partial charge in [0.1, 0.15) is 11.3 Å². The van der Waals surface area contributed by atoms with Crippen LogP contribution in [0.4, 0.5) is 5.95 Å². The van der Waals surface area contributed by atoms with Gasteiger partial charge in [-0.25, -0.2) is 9.97 Å². The second-order valence-electron chi connectivity index (χ2n) is 9.61. The average molecular weight is 444 g/mol. The van der Waals surface area contributed by atoms with Crippen LogP contribution in [-0.2, 0) is 25.3 Å². The van der Waals surface area contributed by atoms with Gasteiger partial charge in [0.15, 0.2) is 5.65 Å². The fraction of sp³-hybridized carbons (Fsp3) is 0.370. The fourth-order valence-electron chi connectivity index (χ4n) is 3.96. The van der Waals surface area contributed by atoms with Gasteiger partial charge in [0.05, 0.1) is 19.1 Å². The van der Waals surface area contributed by atoms with Crippen molar-refractivity contribution in [1.82, 2.24) is 19.5 Å². The number of hydrogen-bond donors (Lipinski definition) is 1. The van der Waals surface area contributed by atoms with Gasteiger partial charge in [0.25, 0.3) is 0 Å². The van der Waals surface area contributed by atoms with Crippen molar-refractivity contribution < 1.29 is 4.74 Å². The van der Waals surface area contributed by atoms with Crippen LogP contribution in [0, 0.1) is 6.92 Å². The normalized spacial score (nSPS) is 11.7. The van der Waals surface area contributed by atoms with E-state index in [1.54, 1.807) is 7.11 Å². The summed E-state index contributed by atoms with van der Waals surface area (Å²) in [5.41, 5.74) is 7.91. The molecule has 0 spiro atoms. The Morgan fingerprint density at radius 3 is 2.48 bits per heavy atom. The maximum absolute atomic E-state index is 5.24. The van der Waals surface area contributed by atoms with Gasteiger partial charge in [0.2, 0.25) is 5.95 Å². The Hall–Kier alpha value is -3.41. The van der Waals surface area contributed by atoms with Crippen molar-refractivity contribution in [3.8, 4) is 5.75 Å². The Morgan fingerprint density at radius 2 is 1.79 bits per heavy atom. The Balaban J connectivity index is 1.58. The highest BCUT2D eigenvalue weighted by molar-refractivity contribution is 5.75. The number of ether oxygens (including phenoxy) is 1. The van der Waals surface area contributed by atoms with Crippen LogP contribution >= 0.6 is 0 Å². The van der Waals surface area contributed by atoms with E-state index in [0.29, 0.717) is 5.95 Å². The lowest BCUT2D eigenvalue weighted by Crippen LogP contribution is -2.13. The summed E-state index contributed by atoms with van der Waals surface area (Å²) in [5, 5.41) is 3.40. The average Bonchev–Trinajstić information content (AvgIpc) is 3.16. The number of aromatic nitrogens is 4. The van der Waals surface area contributed by atoms with Gasteiger partial charge in [-0.2, -0.15) is 4.98 Å². The van der Waals surface area contributed by atoms with Crippen molar-refractivity contribution in [2.24, 2.45) is 7.05 Å². The van der Waals surface area contributed by atoms with Gasteiger partial charge >= 0.3 is 0 Å². The zero-order chi connectivity index (χ0) is 23.6. The first-order chi connectivity index (χ1) is 15.7. The van der Waals surface area contributed by atoms with E-state index in [4.69, 9.17) is 9.72 Å². The van der Waals surface area contributed by atoms with Crippen LogP contribution in [0.3, 0.4) is 0 Å². The number of imidazole rings is 1. The van der Waals surface area contributed by atoms with Gasteiger partial charge in [-0.3, -0.25) is 0 Å². The molecule has 4 rings (SSSR count). The molecule has 0 radical (unpaired) electrons. The maximum Gasteiger partial charge on any atom is 0.225 e. The number of fused-ring (bicyclic) bond motifs is 1. The number of aryl methyl sites for hydroxylation is 2. The first kappa shape index (κ1) is 22.8. The standard InChI is InChI=1S/C27H33N5O/c1-18-7-10-21(27(2,3)4)15-20(18)16-23-24-25(29-17-32(24)5)31-26(30-23)28-14-13-19-8-11-22(33-6)12-9-19/h7-12,15,17H,13-14,16H2,1-6H3,(H,28,30,31). The van der Waals surface area contributed by atoms with E-state index in [-0.39, 0.29) is 5.41 Å². The van der Waals surface area contributed by atoms with E-state index >= 15 is 0 Å². The van der Waals surface area contributed by atoms with E-state index < -0.39 is 0 Å². The smallest absolute Gasteiger partial charge is 0.225 e. The predicted octanol–water partition coefficient (Wildman–Crippen LogP) is 5.22. The lowest BCUT2D eigenvalue weighted by atomic mass is 9.84. The summed E-state index contributed by atoms with van der Waals surface area (Å²) in [6.45, 7) is 9.64. The molecule has 0 saturated heterocycles. The van der Waals surface area contributed by atoms with Crippen LogP contribution < -0.4 is 10.1 Å². The minimum atomic E-state index is 0.101. The first-order valence-electron chi connectivity index (χ1n) is 11.4. The van der Waals surface area contributed by atoms with E-state index in [1.807, 2.05) is 30.1 Å². The minimum Gasteiger partial charge on any atom is -0.497 e. The fourth-order valence-corrected chi connectivity index (χ4v) is 3.96. The first-order valence-corrected chi connectivity index (χ1v) is 11.4. The Labute approximate surface area is 196 Å². The number of rotatable bonds is 7. The molecule has 0 aliphatic carbocycles. The molecule has 0 unspecified atom stereocenters. The van der Waals surface area contributed by atoms with Gasteiger partial charge in [-0.15, -0.1) is 0 Å². The summed E-state index contributed by atoms with van der Waals surface area (Å²) in [5.74, 6) is 1.49. The summed E-state index contributed by atoms with van der Waals surface area (Å²) in [6.07, 6.45) is 3.42. The highest BCUT2D eigenvalue weighted by Gasteiger charge is 2.17. The quantitative estimate of drug-likeness (QED) is 0.424. The molecule has 2 aromatic heterocycles. The number of nitrogens with one attached hydrogen (secondary N) is 1. The van der Waals surface area contributed by atoms with E-state index in [9.17, 15) is 0 Å². The summed E-state index contributed by atoms with van der Waals surface area (Å²) in [7, 11) is 3.68. The summed E-state index contributed by atoms with van der Waals surface area (Å²) in [4.78, 5) is 14.1.